The molecule has 0 bridgehead atoms. The number of para-hydroxylation sites is 2. The van der Waals surface area contributed by atoms with Gasteiger partial charge in [0.05, 0.1) is 28.9 Å². The van der Waals surface area contributed by atoms with E-state index in [0.717, 1.165) is 31.2 Å². The van der Waals surface area contributed by atoms with Gasteiger partial charge in [-0.3, -0.25) is 13.9 Å². The summed E-state index contributed by atoms with van der Waals surface area (Å²) in [5.41, 5.74) is 3.94. The Morgan fingerprint density at radius 2 is 1.79 bits per heavy atom. The van der Waals surface area contributed by atoms with E-state index in [4.69, 9.17) is 19.7 Å². The van der Waals surface area contributed by atoms with Gasteiger partial charge in [0, 0.05) is 6.04 Å². The van der Waals surface area contributed by atoms with Crippen LogP contribution in [0.3, 0.4) is 0 Å². The highest BCUT2D eigenvalue weighted by atomic mass is 16.5. The quantitative estimate of drug-likeness (QED) is 0.370. The van der Waals surface area contributed by atoms with Crippen molar-refractivity contribution in [2.45, 2.75) is 38.6 Å². The largest absolute Gasteiger partial charge is 0.462 e. The smallest absolute Gasteiger partial charge is 0.338 e. The number of ether oxygens (including phenoxy) is 1. The number of fused-ring (bicyclic) bond motifs is 4. The molecule has 0 radical (unpaired) electrons. The second-order valence-corrected chi connectivity index (χ2v) is 8.58. The van der Waals surface area contributed by atoms with Crippen LogP contribution in [0.15, 0.2) is 59.7 Å². The number of rotatable bonds is 4. The van der Waals surface area contributed by atoms with Gasteiger partial charge in [-0.05, 0) is 50.1 Å². The first-order valence-corrected chi connectivity index (χ1v) is 11.6. The molecule has 1 aliphatic rings. The van der Waals surface area contributed by atoms with Gasteiger partial charge in [0.1, 0.15) is 17.2 Å². The molecule has 1 fully saturated rings. The van der Waals surface area contributed by atoms with Crippen LogP contribution in [0.4, 0.5) is 0 Å². The molecule has 0 spiro atoms. The Balaban J connectivity index is 1.68. The van der Waals surface area contributed by atoms with Crippen molar-refractivity contribution >= 4 is 39.2 Å². The maximum Gasteiger partial charge on any atom is 0.338 e. The molecule has 1 aliphatic carbocycles. The number of hydrogen-bond acceptors (Lipinski definition) is 6. The Hall–Kier alpha value is -4.07. The normalized spacial score (nSPS) is 14.4. The molecule has 0 saturated heterocycles. The molecule has 0 N–H and O–H groups in total. The molecule has 0 atom stereocenters. The lowest BCUT2D eigenvalue weighted by atomic mass is 10.2. The lowest BCUT2D eigenvalue weighted by Crippen LogP contribution is -2.23. The summed E-state index contributed by atoms with van der Waals surface area (Å²) in [5.74, 6) is -0.404. The summed E-state index contributed by atoms with van der Waals surface area (Å²) >= 11 is 0. The molecule has 0 amide bonds. The van der Waals surface area contributed by atoms with Crippen molar-refractivity contribution in [3.8, 4) is 5.69 Å². The number of carbonyl (C=O) groups excluding carboxylic acids is 1. The first-order valence-electron chi connectivity index (χ1n) is 11.6. The maximum absolute atomic E-state index is 13.7. The van der Waals surface area contributed by atoms with Crippen LogP contribution in [0.2, 0.25) is 0 Å². The molecular formula is C26H23N5O3. The highest BCUT2D eigenvalue weighted by molar-refractivity contribution is 6.06. The lowest BCUT2D eigenvalue weighted by molar-refractivity contribution is 0.0526. The standard InChI is InChI=1S/C26H23N5O3/c1-2-34-26(33)16-8-7-11-18(14-16)31-23-21(25(32)30(15-27-23)17-9-3-4-10-17)22-24(31)29-20-13-6-5-12-19(20)28-22/h5-8,11-15,17H,2-4,9-10H2,1H3. The average Bonchev–Trinajstić information content (AvgIpc) is 3.49. The zero-order chi connectivity index (χ0) is 23.2. The number of nitrogens with zero attached hydrogens (tertiary/aromatic N) is 5. The van der Waals surface area contributed by atoms with Crippen molar-refractivity contribution in [3.05, 3.63) is 70.8 Å². The predicted octanol–water partition coefficient (Wildman–Crippen LogP) is 4.58. The fourth-order valence-electron chi connectivity index (χ4n) is 4.92. The average molecular weight is 454 g/mol. The second kappa shape index (κ2) is 8.06. The van der Waals surface area contributed by atoms with E-state index < -0.39 is 5.97 Å². The molecule has 3 heterocycles. The molecule has 8 nitrogen and oxygen atoms in total. The Morgan fingerprint density at radius 1 is 1.03 bits per heavy atom. The van der Waals surface area contributed by atoms with E-state index in [1.165, 1.54) is 0 Å². The van der Waals surface area contributed by atoms with Crippen LogP contribution in [0.5, 0.6) is 0 Å². The molecule has 2 aromatic carbocycles. The van der Waals surface area contributed by atoms with Crippen LogP contribution < -0.4 is 5.56 Å². The topological polar surface area (TPSA) is 91.9 Å². The molecule has 8 heteroatoms. The Kier molecular flexibility index (Phi) is 4.86. The van der Waals surface area contributed by atoms with Crippen LogP contribution in [-0.4, -0.2) is 36.7 Å². The molecule has 0 aliphatic heterocycles. The van der Waals surface area contributed by atoms with Gasteiger partial charge in [-0.2, -0.15) is 0 Å². The molecule has 6 rings (SSSR count). The van der Waals surface area contributed by atoms with E-state index in [1.54, 1.807) is 36.0 Å². The number of benzene rings is 2. The van der Waals surface area contributed by atoms with Crippen molar-refractivity contribution in [1.29, 1.82) is 0 Å². The first kappa shape index (κ1) is 20.5. The number of carbonyl (C=O) groups is 1. The minimum absolute atomic E-state index is 0.105. The molecule has 3 aromatic heterocycles. The van der Waals surface area contributed by atoms with Crippen LogP contribution >= 0.6 is 0 Å². The zero-order valence-electron chi connectivity index (χ0n) is 18.8. The summed E-state index contributed by atoms with van der Waals surface area (Å²) in [4.78, 5) is 40.6. The summed E-state index contributed by atoms with van der Waals surface area (Å²) < 4.78 is 8.75. The summed E-state index contributed by atoms with van der Waals surface area (Å²) in [6.07, 6.45) is 5.82. The van der Waals surface area contributed by atoms with E-state index in [0.29, 0.717) is 39.0 Å². The van der Waals surface area contributed by atoms with Crippen LogP contribution in [0.25, 0.3) is 38.9 Å². The van der Waals surface area contributed by atoms with Crippen LogP contribution in [0.1, 0.15) is 49.0 Å². The van der Waals surface area contributed by atoms with Gasteiger partial charge in [0.2, 0.25) is 0 Å². The summed E-state index contributed by atoms with van der Waals surface area (Å²) in [7, 11) is 0. The van der Waals surface area contributed by atoms with Crippen LogP contribution in [-0.2, 0) is 4.74 Å². The molecule has 34 heavy (non-hydrogen) atoms. The van der Waals surface area contributed by atoms with Gasteiger partial charge in [-0.1, -0.05) is 31.0 Å². The van der Waals surface area contributed by atoms with Gasteiger partial charge in [-0.25, -0.2) is 19.7 Å². The fourth-order valence-corrected chi connectivity index (χ4v) is 4.92. The third-order valence-electron chi connectivity index (χ3n) is 6.52. The first-order chi connectivity index (χ1) is 16.7. The molecular weight excluding hydrogens is 430 g/mol. The van der Waals surface area contributed by atoms with Crippen molar-refractivity contribution < 1.29 is 9.53 Å². The number of esters is 1. The Morgan fingerprint density at radius 3 is 2.56 bits per heavy atom. The fraction of sp³-hybridized carbons (Fsp3) is 0.269. The van der Waals surface area contributed by atoms with Crippen molar-refractivity contribution in [2.75, 3.05) is 6.61 Å². The van der Waals surface area contributed by atoms with Gasteiger partial charge < -0.3 is 4.74 Å². The van der Waals surface area contributed by atoms with E-state index >= 15 is 0 Å². The minimum Gasteiger partial charge on any atom is -0.462 e. The van der Waals surface area contributed by atoms with Crippen molar-refractivity contribution in [1.82, 2.24) is 24.1 Å². The van der Waals surface area contributed by atoms with Crippen LogP contribution in [0, 0.1) is 0 Å². The predicted molar refractivity (Wildman–Crippen MR) is 129 cm³/mol. The molecule has 1 saturated carbocycles. The van der Waals surface area contributed by atoms with Crippen molar-refractivity contribution in [3.63, 3.8) is 0 Å². The Bertz CT molecular complexity index is 1630. The Labute approximate surface area is 194 Å². The van der Waals surface area contributed by atoms with Crippen molar-refractivity contribution in [2.24, 2.45) is 0 Å². The summed E-state index contributed by atoms with van der Waals surface area (Å²) in [6, 6.07) is 14.8. The zero-order valence-corrected chi connectivity index (χ0v) is 18.8. The third-order valence-corrected chi connectivity index (χ3v) is 6.52. The lowest BCUT2D eigenvalue weighted by Gasteiger charge is -2.13. The highest BCUT2D eigenvalue weighted by Gasteiger charge is 2.24. The van der Waals surface area contributed by atoms with E-state index in [-0.39, 0.29) is 18.2 Å². The van der Waals surface area contributed by atoms with E-state index in [9.17, 15) is 9.59 Å². The monoisotopic (exact) mass is 453 g/mol. The third kappa shape index (κ3) is 3.17. The molecule has 5 aromatic rings. The minimum atomic E-state index is -0.404. The van der Waals surface area contributed by atoms with Gasteiger partial charge in [0.25, 0.3) is 5.56 Å². The van der Waals surface area contributed by atoms with E-state index in [2.05, 4.69) is 0 Å². The van der Waals surface area contributed by atoms with E-state index in [1.807, 2.05) is 34.9 Å². The molecule has 0 unspecified atom stereocenters. The maximum atomic E-state index is 13.7. The van der Waals surface area contributed by atoms with Gasteiger partial charge in [-0.15, -0.1) is 0 Å². The van der Waals surface area contributed by atoms with Gasteiger partial charge >= 0.3 is 5.97 Å². The highest BCUT2D eigenvalue weighted by Crippen LogP contribution is 2.31. The SMILES string of the molecule is CCOC(=O)c1cccc(-n2c3nc4ccccc4nc3c3c(=O)n(C4CCCC4)cnc32)c1. The summed E-state index contributed by atoms with van der Waals surface area (Å²) in [6.45, 7) is 2.06. The summed E-state index contributed by atoms with van der Waals surface area (Å²) in [5, 5.41) is 0.448. The second-order valence-electron chi connectivity index (χ2n) is 8.58. The number of hydrogen-bond donors (Lipinski definition) is 0. The molecule has 170 valence electrons. The van der Waals surface area contributed by atoms with Gasteiger partial charge in [0.15, 0.2) is 11.3 Å². The number of aromatic nitrogens is 5.